The number of nitrogen functional groups attached to an aromatic ring is 1. The summed E-state index contributed by atoms with van der Waals surface area (Å²) >= 11 is 3.34. The first-order valence-corrected chi connectivity index (χ1v) is 6.06. The first-order chi connectivity index (χ1) is 8.56. The highest BCUT2D eigenvalue weighted by Gasteiger charge is 2.08. The third-order valence-electron chi connectivity index (χ3n) is 2.90. The predicted octanol–water partition coefficient (Wildman–Crippen LogP) is 3.17. The number of halogens is 2. The first kappa shape index (κ1) is 11.2. The molecular weight excluding hydrogens is 299 g/mol. The van der Waals surface area contributed by atoms with Gasteiger partial charge in [-0.25, -0.2) is 4.39 Å². The Morgan fingerprint density at radius 1 is 1.11 bits per heavy atom. The molecule has 5 heteroatoms. The molecule has 0 saturated heterocycles. The van der Waals surface area contributed by atoms with Gasteiger partial charge in [-0.2, -0.15) is 0 Å². The van der Waals surface area contributed by atoms with Crippen molar-refractivity contribution in [2.24, 2.45) is 0 Å². The van der Waals surface area contributed by atoms with Crippen molar-refractivity contribution >= 4 is 43.3 Å². The predicted molar refractivity (Wildman–Crippen MR) is 74.1 cm³/mol. The third kappa shape index (κ3) is 1.59. The SMILES string of the molecule is Nc1cc2[nH]c(=O)c3cc(F)ccc3c2cc1Br. The van der Waals surface area contributed by atoms with E-state index in [1.165, 1.54) is 12.1 Å². The van der Waals surface area contributed by atoms with Crippen LogP contribution in [0.3, 0.4) is 0 Å². The van der Waals surface area contributed by atoms with E-state index in [1.54, 1.807) is 12.1 Å². The Morgan fingerprint density at radius 3 is 2.67 bits per heavy atom. The molecule has 0 fully saturated rings. The van der Waals surface area contributed by atoms with Crippen LogP contribution in [0, 0.1) is 5.82 Å². The van der Waals surface area contributed by atoms with E-state index in [0.29, 0.717) is 22.0 Å². The van der Waals surface area contributed by atoms with Crippen molar-refractivity contribution in [3.63, 3.8) is 0 Å². The highest BCUT2D eigenvalue weighted by Crippen LogP contribution is 2.29. The van der Waals surface area contributed by atoms with E-state index in [1.807, 2.05) is 6.07 Å². The number of rotatable bonds is 0. The fourth-order valence-corrected chi connectivity index (χ4v) is 2.39. The number of hydrogen-bond donors (Lipinski definition) is 2. The minimum absolute atomic E-state index is 0.321. The lowest BCUT2D eigenvalue weighted by atomic mass is 10.1. The Kier molecular flexibility index (Phi) is 2.38. The van der Waals surface area contributed by atoms with E-state index in [-0.39, 0.29) is 5.56 Å². The number of anilines is 1. The van der Waals surface area contributed by atoms with Crippen LogP contribution >= 0.6 is 15.9 Å². The molecule has 0 aliphatic carbocycles. The van der Waals surface area contributed by atoms with E-state index in [2.05, 4.69) is 20.9 Å². The number of hydrogen-bond acceptors (Lipinski definition) is 2. The number of nitrogens with two attached hydrogens (primary N) is 1. The molecule has 0 unspecified atom stereocenters. The smallest absolute Gasteiger partial charge is 0.256 e. The standard InChI is InChI=1S/C13H8BrFN2O/c14-10-4-8-7-2-1-6(15)3-9(7)13(18)17-12(8)5-11(10)16/h1-5H,16H2,(H,17,18). The summed E-state index contributed by atoms with van der Waals surface area (Å²) in [5.74, 6) is -0.429. The first-order valence-electron chi connectivity index (χ1n) is 5.26. The van der Waals surface area contributed by atoms with Gasteiger partial charge >= 0.3 is 0 Å². The van der Waals surface area contributed by atoms with Crippen LogP contribution in [0.1, 0.15) is 0 Å². The van der Waals surface area contributed by atoms with Crippen LogP contribution in [-0.4, -0.2) is 4.98 Å². The van der Waals surface area contributed by atoms with E-state index >= 15 is 0 Å². The molecule has 0 saturated carbocycles. The second-order valence-corrected chi connectivity index (χ2v) is 4.92. The molecule has 2 aromatic carbocycles. The highest BCUT2D eigenvalue weighted by atomic mass is 79.9. The molecule has 0 aliphatic rings. The van der Waals surface area contributed by atoms with Crippen molar-refractivity contribution in [1.29, 1.82) is 0 Å². The molecule has 1 heterocycles. The van der Waals surface area contributed by atoms with Crippen molar-refractivity contribution in [2.45, 2.75) is 0 Å². The average molecular weight is 307 g/mol. The van der Waals surface area contributed by atoms with E-state index in [0.717, 1.165) is 9.86 Å². The Bertz CT molecular complexity index is 842. The van der Waals surface area contributed by atoms with Crippen molar-refractivity contribution < 1.29 is 4.39 Å². The largest absolute Gasteiger partial charge is 0.398 e. The van der Waals surface area contributed by atoms with Crippen LogP contribution in [0.25, 0.3) is 21.7 Å². The second kappa shape index (κ2) is 3.81. The van der Waals surface area contributed by atoms with Gasteiger partial charge in [-0.15, -0.1) is 0 Å². The monoisotopic (exact) mass is 306 g/mol. The van der Waals surface area contributed by atoms with Gasteiger partial charge in [0, 0.05) is 15.5 Å². The molecule has 3 aromatic rings. The lowest BCUT2D eigenvalue weighted by Crippen LogP contribution is -2.07. The molecule has 0 spiro atoms. The van der Waals surface area contributed by atoms with Gasteiger partial charge in [0.05, 0.1) is 10.9 Å². The van der Waals surface area contributed by atoms with Gasteiger partial charge in [0.2, 0.25) is 0 Å². The van der Waals surface area contributed by atoms with Crippen molar-refractivity contribution in [3.8, 4) is 0 Å². The zero-order chi connectivity index (χ0) is 12.9. The lowest BCUT2D eigenvalue weighted by molar-refractivity contribution is 0.629. The van der Waals surface area contributed by atoms with Crippen LogP contribution in [0.5, 0.6) is 0 Å². The molecule has 3 nitrogen and oxygen atoms in total. The van der Waals surface area contributed by atoms with Gasteiger partial charge < -0.3 is 10.7 Å². The summed E-state index contributed by atoms with van der Waals surface area (Å²) in [4.78, 5) is 14.6. The number of benzene rings is 2. The summed E-state index contributed by atoms with van der Waals surface area (Å²) < 4.78 is 13.9. The molecule has 1 aromatic heterocycles. The molecule has 0 amide bonds. The highest BCUT2D eigenvalue weighted by molar-refractivity contribution is 9.10. The summed E-state index contributed by atoms with van der Waals surface area (Å²) in [6.07, 6.45) is 0. The minimum atomic E-state index is -0.429. The molecule has 3 rings (SSSR count). The van der Waals surface area contributed by atoms with E-state index in [9.17, 15) is 9.18 Å². The third-order valence-corrected chi connectivity index (χ3v) is 3.59. The Morgan fingerprint density at radius 2 is 1.89 bits per heavy atom. The second-order valence-electron chi connectivity index (χ2n) is 4.06. The summed E-state index contributed by atoms with van der Waals surface area (Å²) in [6, 6.07) is 7.68. The zero-order valence-electron chi connectivity index (χ0n) is 9.13. The van der Waals surface area contributed by atoms with Crippen LogP contribution in [0.2, 0.25) is 0 Å². The molecule has 90 valence electrons. The number of aromatic nitrogens is 1. The Labute approximate surface area is 110 Å². The molecule has 0 radical (unpaired) electrons. The van der Waals surface area contributed by atoms with Crippen molar-refractivity contribution in [3.05, 3.63) is 51.0 Å². The maximum absolute atomic E-state index is 13.2. The van der Waals surface area contributed by atoms with Crippen LogP contribution in [0.15, 0.2) is 39.6 Å². The molecular formula is C13H8BrFN2O. The van der Waals surface area contributed by atoms with E-state index < -0.39 is 5.82 Å². The molecule has 0 bridgehead atoms. The van der Waals surface area contributed by atoms with Gasteiger partial charge in [-0.05, 0) is 45.6 Å². The van der Waals surface area contributed by atoms with Gasteiger partial charge in [0.1, 0.15) is 5.82 Å². The zero-order valence-corrected chi connectivity index (χ0v) is 10.7. The van der Waals surface area contributed by atoms with Gasteiger partial charge in [-0.3, -0.25) is 4.79 Å². The minimum Gasteiger partial charge on any atom is -0.398 e. The molecule has 3 N–H and O–H groups in total. The maximum atomic E-state index is 13.2. The van der Waals surface area contributed by atoms with Crippen molar-refractivity contribution in [2.75, 3.05) is 5.73 Å². The topological polar surface area (TPSA) is 58.9 Å². The quantitative estimate of drug-likeness (QED) is 0.495. The maximum Gasteiger partial charge on any atom is 0.256 e. The van der Waals surface area contributed by atoms with E-state index in [4.69, 9.17) is 5.73 Å². The normalized spacial score (nSPS) is 11.2. The van der Waals surface area contributed by atoms with Crippen LogP contribution in [-0.2, 0) is 0 Å². The Balaban J connectivity index is 2.60. The molecule has 0 atom stereocenters. The summed E-state index contributed by atoms with van der Waals surface area (Å²) in [7, 11) is 0. The number of H-pyrrole nitrogens is 1. The number of nitrogens with one attached hydrogen (secondary N) is 1. The fourth-order valence-electron chi connectivity index (χ4n) is 2.05. The summed E-state index contributed by atoms with van der Waals surface area (Å²) in [5.41, 5.74) is 6.63. The van der Waals surface area contributed by atoms with Crippen LogP contribution < -0.4 is 11.3 Å². The Hall–Kier alpha value is -1.88. The molecule has 0 aliphatic heterocycles. The number of aromatic amines is 1. The average Bonchev–Trinajstić information content (AvgIpc) is 2.32. The summed E-state index contributed by atoms with van der Waals surface area (Å²) in [6.45, 7) is 0. The molecule has 18 heavy (non-hydrogen) atoms. The van der Waals surface area contributed by atoms with Crippen LogP contribution in [0.4, 0.5) is 10.1 Å². The van der Waals surface area contributed by atoms with Gasteiger partial charge in [-0.1, -0.05) is 6.07 Å². The number of fused-ring (bicyclic) bond motifs is 3. The van der Waals surface area contributed by atoms with Crippen molar-refractivity contribution in [1.82, 2.24) is 4.98 Å². The van der Waals surface area contributed by atoms with Gasteiger partial charge in [0.15, 0.2) is 0 Å². The fraction of sp³-hybridized carbons (Fsp3) is 0. The lowest BCUT2D eigenvalue weighted by Gasteiger charge is -2.06. The van der Waals surface area contributed by atoms with Gasteiger partial charge in [0.25, 0.3) is 5.56 Å². The summed E-state index contributed by atoms with van der Waals surface area (Å²) in [5, 5.41) is 1.86. The number of pyridine rings is 1.